The van der Waals surface area contributed by atoms with Gasteiger partial charge in [-0.25, -0.2) is 4.79 Å². The number of aryl methyl sites for hydroxylation is 1. The fourth-order valence-corrected chi connectivity index (χ4v) is 2.16. The lowest BCUT2D eigenvalue weighted by Gasteiger charge is -2.06. The number of rotatable bonds is 10. The van der Waals surface area contributed by atoms with E-state index in [2.05, 4.69) is 13.0 Å². The van der Waals surface area contributed by atoms with Crippen LogP contribution in [0.4, 0.5) is 0 Å². The summed E-state index contributed by atoms with van der Waals surface area (Å²) in [4.78, 5) is 10.9. The summed E-state index contributed by atoms with van der Waals surface area (Å²) >= 11 is 0. The van der Waals surface area contributed by atoms with Gasteiger partial charge < -0.3 is 9.84 Å². The average molecular weight is 290 g/mol. The van der Waals surface area contributed by atoms with E-state index in [4.69, 9.17) is 9.84 Å². The summed E-state index contributed by atoms with van der Waals surface area (Å²) in [5.74, 6) is -0.188. The molecule has 0 heterocycles. The summed E-state index contributed by atoms with van der Waals surface area (Å²) < 4.78 is 5.59. The van der Waals surface area contributed by atoms with Crippen LogP contribution < -0.4 is 4.74 Å². The van der Waals surface area contributed by atoms with Crippen molar-refractivity contribution in [3.05, 3.63) is 41.5 Å². The molecular formula is C18H26O3. The van der Waals surface area contributed by atoms with Crippen molar-refractivity contribution in [2.24, 2.45) is 0 Å². The molecule has 1 aromatic rings. The predicted molar refractivity (Wildman–Crippen MR) is 86.1 cm³/mol. The molecule has 116 valence electrons. The zero-order valence-electron chi connectivity index (χ0n) is 13.1. The van der Waals surface area contributed by atoms with E-state index in [-0.39, 0.29) is 0 Å². The SMILES string of the molecule is CCCCCCC/C=C/COc1ccc(C(=O)O)c(C)c1. The van der Waals surface area contributed by atoms with Crippen LogP contribution in [0, 0.1) is 6.92 Å². The largest absolute Gasteiger partial charge is 0.490 e. The normalized spacial score (nSPS) is 11.0. The first-order valence-electron chi connectivity index (χ1n) is 7.77. The molecule has 0 atom stereocenters. The van der Waals surface area contributed by atoms with Gasteiger partial charge in [-0.15, -0.1) is 0 Å². The highest BCUT2D eigenvalue weighted by Gasteiger charge is 2.07. The van der Waals surface area contributed by atoms with Gasteiger partial charge in [-0.3, -0.25) is 0 Å². The van der Waals surface area contributed by atoms with Crippen molar-refractivity contribution >= 4 is 5.97 Å². The second-order valence-electron chi connectivity index (χ2n) is 5.27. The molecule has 0 saturated heterocycles. The van der Waals surface area contributed by atoms with Crippen LogP contribution in [0.15, 0.2) is 30.4 Å². The highest BCUT2D eigenvalue weighted by Crippen LogP contribution is 2.17. The van der Waals surface area contributed by atoms with E-state index in [0.717, 1.165) is 12.0 Å². The quantitative estimate of drug-likeness (QED) is 0.488. The zero-order valence-corrected chi connectivity index (χ0v) is 13.1. The standard InChI is InChI=1S/C18H26O3/c1-3-4-5-6-7-8-9-10-13-21-16-11-12-17(18(19)20)15(2)14-16/h9-12,14H,3-8,13H2,1-2H3,(H,19,20)/b10-9+. The monoisotopic (exact) mass is 290 g/mol. The van der Waals surface area contributed by atoms with Gasteiger partial charge in [0.15, 0.2) is 0 Å². The number of carboxylic acid groups (broad SMARTS) is 1. The predicted octanol–water partition coefficient (Wildman–Crippen LogP) is 4.99. The van der Waals surface area contributed by atoms with Crippen LogP contribution in [0.1, 0.15) is 61.4 Å². The van der Waals surface area contributed by atoms with Crippen LogP contribution in [0.25, 0.3) is 0 Å². The molecule has 1 N–H and O–H groups in total. The van der Waals surface area contributed by atoms with E-state index in [1.54, 1.807) is 25.1 Å². The van der Waals surface area contributed by atoms with Crippen LogP contribution in [-0.2, 0) is 0 Å². The molecule has 0 aliphatic heterocycles. The second-order valence-corrected chi connectivity index (χ2v) is 5.27. The van der Waals surface area contributed by atoms with Gasteiger partial charge in [0.05, 0.1) is 5.56 Å². The molecule has 3 heteroatoms. The fraction of sp³-hybridized carbons (Fsp3) is 0.500. The third-order valence-electron chi connectivity index (χ3n) is 3.42. The summed E-state index contributed by atoms with van der Waals surface area (Å²) in [5, 5.41) is 8.96. The number of hydrogen-bond acceptors (Lipinski definition) is 2. The van der Waals surface area contributed by atoms with Crippen molar-refractivity contribution < 1.29 is 14.6 Å². The molecule has 0 radical (unpaired) electrons. The molecule has 0 aliphatic carbocycles. The van der Waals surface area contributed by atoms with E-state index in [1.807, 2.05) is 6.08 Å². The van der Waals surface area contributed by atoms with Crippen LogP contribution in [0.3, 0.4) is 0 Å². The third-order valence-corrected chi connectivity index (χ3v) is 3.42. The number of unbranched alkanes of at least 4 members (excludes halogenated alkanes) is 5. The molecule has 21 heavy (non-hydrogen) atoms. The van der Waals surface area contributed by atoms with E-state index >= 15 is 0 Å². The molecule has 3 nitrogen and oxygen atoms in total. The minimum absolute atomic E-state index is 0.324. The molecule has 0 amide bonds. The van der Waals surface area contributed by atoms with Gasteiger partial charge in [-0.1, -0.05) is 44.8 Å². The molecule has 0 unspecified atom stereocenters. The maximum atomic E-state index is 10.9. The van der Waals surface area contributed by atoms with Crippen molar-refractivity contribution in [3.63, 3.8) is 0 Å². The van der Waals surface area contributed by atoms with Crippen molar-refractivity contribution in [2.75, 3.05) is 6.61 Å². The third kappa shape index (κ3) is 6.98. The molecule has 1 rings (SSSR count). The number of aromatic carboxylic acids is 1. The minimum atomic E-state index is -0.901. The molecule has 0 bridgehead atoms. The first-order chi connectivity index (χ1) is 10.1. The Labute approximate surface area is 127 Å². The average Bonchev–Trinajstić information content (AvgIpc) is 2.45. The minimum Gasteiger partial charge on any atom is -0.490 e. The van der Waals surface area contributed by atoms with Gasteiger partial charge in [0.25, 0.3) is 0 Å². The summed E-state index contributed by atoms with van der Waals surface area (Å²) in [6.45, 7) is 4.53. The number of benzene rings is 1. The lowest BCUT2D eigenvalue weighted by molar-refractivity contribution is 0.0696. The molecule has 0 fully saturated rings. The summed E-state index contributed by atoms with van der Waals surface area (Å²) in [6, 6.07) is 5.06. The molecule has 0 aliphatic rings. The Bertz CT molecular complexity index is 464. The van der Waals surface area contributed by atoms with Crippen molar-refractivity contribution in [2.45, 2.75) is 52.4 Å². The van der Waals surface area contributed by atoms with Gasteiger partial charge in [0, 0.05) is 0 Å². The van der Waals surface area contributed by atoms with Gasteiger partial charge >= 0.3 is 5.97 Å². The van der Waals surface area contributed by atoms with Gasteiger partial charge in [0.1, 0.15) is 12.4 Å². The second kappa shape index (κ2) is 10.0. The van der Waals surface area contributed by atoms with Crippen LogP contribution in [0.5, 0.6) is 5.75 Å². The Morgan fingerprint density at radius 2 is 1.95 bits per heavy atom. The van der Waals surface area contributed by atoms with E-state index in [0.29, 0.717) is 17.9 Å². The Kier molecular flexibility index (Phi) is 8.25. The van der Waals surface area contributed by atoms with Crippen LogP contribution in [0.2, 0.25) is 0 Å². The van der Waals surface area contributed by atoms with Gasteiger partial charge in [-0.05, 0) is 43.5 Å². The number of ether oxygens (including phenoxy) is 1. The van der Waals surface area contributed by atoms with E-state index in [1.165, 1.54) is 32.1 Å². The lowest BCUT2D eigenvalue weighted by atomic mass is 10.1. The first-order valence-corrected chi connectivity index (χ1v) is 7.77. The van der Waals surface area contributed by atoms with Gasteiger partial charge in [-0.2, -0.15) is 0 Å². The molecular weight excluding hydrogens is 264 g/mol. The van der Waals surface area contributed by atoms with Gasteiger partial charge in [0.2, 0.25) is 0 Å². The lowest BCUT2D eigenvalue weighted by Crippen LogP contribution is -2.00. The van der Waals surface area contributed by atoms with Crippen molar-refractivity contribution in [1.82, 2.24) is 0 Å². The topological polar surface area (TPSA) is 46.5 Å². The molecule has 1 aromatic carbocycles. The fourth-order valence-electron chi connectivity index (χ4n) is 2.16. The van der Waals surface area contributed by atoms with Crippen molar-refractivity contribution in [3.8, 4) is 5.75 Å². The summed E-state index contributed by atoms with van der Waals surface area (Å²) in [5.41, 5.74) is 1.05. The summed E-state index contributed by atoms with van der Waals surface area (Å²) in [6.07, 6.45) is 11.8. The Morgan fingerprint density at radius 3 is 2.62 bits per heavy atom. The maximum Gasteiger partial charge on any atom is 0.335 e. The number of carboxylic acids is 1. The first kappa shape index (κ1) is 17.3. The van der Waals surface area contributed by atoms with Crippen LogP contribution >= 0.6 is 0 Å². The highest BCUT2D eigenvalue weighted by atomic mass is 16.5. The Morgan fingerprint density at radius 1 is 1.19 bits per heavy atom. The van der Waals surface area contributed by atoms with E-state index in [9.17, 15) is 4.79 Å². The van der Waals surface area contributed by atoms with Crippen molar-refractivity contribution in [1.29, 1.82) is 0 Å². The smallest absolute Gasteiger partial charge is 0.335 e. The number of carbonyl (C=O) groups is 1. The number of allylic oxidation sites excluding steroid dienone is 1. The number of hydrogen-bond donors (Lipinski definition) is 1. The molecule has 0 aromatic heterocycles. The molecule has 0 saturated carbocycles. The summed E-state index contributed by atoms with van der Waals surface area (Å²) in [7, 11) is 0. The van der Waals surface area contributed by atoms with E-state index < -0.39 is 5.97 Å². The maximum absolute atomic E-state index is 10.9. The van der Waals surface area contributed by atoms with Crippen LogP contribution in [-0.4, -0.2) is 17.7 Å². The Hall–Kier alpha value is -1.77. The highest BCUT2D eigenvalue weighted by molar-refractivity contribution is 5.89. The zero-order chi connectivity index (χ0) is 15.5. The molecule has 0 spiro atoms. The Balaban J connectivity index is 2.23.